The number of rotatable bonds is 9. The Morgan fingerprint density at radius 3 is 2.80 bits per heavy atom. The predicted octanol–water partition coefficient (Wildman–Crippen LogP) is 3.58. The molecule has 1 fully saturated rings. The summed E-state index contributed by atoms with van der Waals surface area (Å²) < 4.78 is 5.94. The van der Waals surface area contributed by atoms with E-state index in [1.165, 1.54) is 0 Å². The van der Waals surface area contributed by atoms with Crippen LogP contribution in [0, 0.1) is 5.92 Å². The summed E-state index contributed by atoms with van der Waals surface area (Å²) in [6.07, 6.45) is 4.40. The van der Waals surface area contributed by atoms with Crippen molar-refractivity contribution >= 4 is 35.8 Å². The molecule has 0 aromatic carbocycles. The maximum Gasteiger partial charge on any atom is 0.222 e. The van der Waals surface area contributed by atoms with Crippen LogP contribution in [-0.2, 0) is 11.3 Å². The summed E-state index contributed by atoms with van der Waals surface area (Å²) in [5.74, 6) is 2.22. The van der Waals surface area contributed by atoms with Gasteiger partial charge >= 0.3 is 0 Å². The van der Waals surface area contributed by atoms with Gasteiger partial charge in [-0.25, -0.2) is 9.98 Å². The summed E-state index contributed by atoms with van der Waals surface area (Å²) in [6, 6.07) is 4.15. The van der Waals surface area contributed by atoms with Gasteiger partial charge in [0, 0.05) is 44.4 Å². The lowest BCUT2D eigenvalue weighted by Crippen LogP contribution is -2.45. The summed E-state index contributed by atoms with van der Waals surface area (Å²) >= 11 is 0. The molecule has 30 heavy (non-hydrogen) atoms. The van der Waals surface area contributed by atoms with Crippen molar-refractivity contribution in [2.24, 2.45) is 10.9 Å². The molecule has 1 saturated heterocycles. The highest BCUT2D eigenvalue weighted by atomic mass is 127. The van der Waals surface area contributed by atoms with Gasteiger partial charge in [0.25, 0.3) is 0 Å². The third kappa shape index (κ3) is 9.06. The minimum absolute atomic E-state index is 0. The number of likely N-dealkylation sites (tertiary alicyclic amines) is 1. The molecule has 2 rings (SSSR count). The van der Waals surface area contributed by atoms with Crippen LogP contribution in [0.25, 0.3) is 0 Å². The lowest BCUT2D eigenvalue weighted by atomic mass is 10.1. The molecular weight excluding hydrogens is 493 g/mol. The van der Waals surface area contributed by atoms with Crippen molar-refractivity contribution in [3.63, 3.8) is 0 Å². The number of guanidine groups is 1. The highest BCUT2D eigenvalue weighted by Gasteiger charge is 2.25. The molecule has 1 aromatic heterocycles. The first-order valence-electron chi connectivity index (χ1n) is 10.8. The van der Waals surface area contributed by atoms with Crippen LogP contribution in [0.15, 0.2) is 23.3 Å². The molecule has 1 aromatic rings. The van der Waals surface area contributed by atoms with Crippen LogP contribution in [-0.4, -0.2) is 53.5 Å². The average molecular weight is 531 g/mol. The number of carbonyl (C=O) groups is 1. The van der Waals surface area contributed by atoms with Gasteiger partial charge in [-0.3, -0.25) is 4.79 Å². The van der Waals surface area contributed by atoms with Crippen molar-refractivity contribution in [2.45, 2.75) is 72.6 Å². The zero-order valence-electron chi connectivity index (χ0n) is 19.0. The molecule has 0 bridgehead atoms. The Morgan fingerprint density at radius 1 is 1.37 bits per heavy atom. The number of aliphatic imine (C=N–C) groups is 1. The highest BCUT2D eigenvalue weighted by Crippen LogP contribution is 2.15. The molecule has 8 heteroatoms. The van der Waals surface area contributed by atoms with Gasteiger partial charge in [-0.1, -0.05) is 20.8 Å². The monoisotopic (exact) mass is 531 g/mol. The summed E-state index contributed by atoms with van der Waals surface area (Å²) in [6.45, 7) is 13.3. The Hall–Kier alpha value is -1.58. The van der Waals surface area contributed by atoms with E-state index in [-0.39, 0.29) is 42.0 Å². The zero-order valence-corrected chi connectivity index (χ0v) is 21.3. The maximum absolute atomic E-state index is 11.9. The number of halogens is 1. The molecule has 2 unspecified atom stereocenters. The average Bonchev–Trinajstić information content (AvgIpc) is 3.14. The van der Waals surface area contributed by atoms with Crippen molar-refractivity contribution in [1.82, 2.24) is 20.5 Å². The topological polar surface area (TPSA) is 78.9 Å². The third-order valence-corrected chi connectivity index (χ3v) is 4.87. The molecule has 2 N–H and O–H groups in total. The van der Waals surface area contributed by atoms with Gasteiger partial charge < -0.3 is 20.3 Å². The first kappa shape index (κ1) is 26.5. The Labute approximate surface area is 198 Å². The quantitative estimate of drug-likeness (QED) is 0.290. The largest absolute Gasteiger partial charge is 0.475 e. The van der Waals surface area contributed by atoms with Crippen LogP contribution in [0.4, 0.5) is 0 Å². The Bertz CT molecular complexity index is 683. The number of amides is 1. The summed E-state index contributed by atoms with van der Waals surface area (Å²) in [5.41, 5.74) is 1.05. The van der Waals surface area contributed by atoms with Crippen LogP contribution in [0.1, 0.15) is 59.4 Å². The number of nitrogens with zero attached hydrogens (tertiary/aromatic N) is 3. The fourth-order valence-corrected chi connectivity index (χ4v) is 3.54. The molecule has 170 valence electrons. The first-order chi connectivity index (χ1) is 13.9. The maximum atomic E-state index is 11.9. The first-order valence-corrected chi connectivity index (χ1v) is 10.8. The Kier molecular flexibility index (Phi) is 12.1. The number of hydrogen-bond donors (Lipinski definition) is 2. The minimum Gasteiger partial charge on any atom is -0.475 e. The molecular formula is C22H38IN5O2. The van der Waals surface area contributed by atoms with E-state index in [9.17, 15) is 4.79 Å². The van der Waals surface area contributed by atoms with E-state index in [0.717, 1.165) is 44.0 Å². The standard InChI is InChI=1S/C22H37N5O2.HI/c1-6-21(28)27-11-9-19(15-27)26-22(23-7-2)25-14-18-8-10-24-20(13-18)29-17(5)12-16(3)4;/h8,10,13,16-17,19H,6-7,9,11-12,14-15H2,1-5H3,(H2,23,25,26);1H. The van der Waals surface area contributed by atoms with Gasteiger partial charge in [0.2, 0.25) is 11.8 Å². The third-order valence-electron chi connectivity index (χ3n) is 4.87. The molecule has 1 amide bonds. The summed E-state index contributed by atoms with van der Waals surface area (Å²) in [5, 5.41) is 6.76. The summed E-state index contributed by atoms with van der Waals surface area (Å²) in [7, 11) is 0. The Balaban J connectivity index is 0.00000450. The fourth-order valence-electron chi connectivity index (χ4n) is 3.54. The predicted molar refractivity (Wildman–Crippen MR) is 132 cm³/mol. The number of pyridine rings is 1. The lowest BCUT2D eigenvalue weighted by molar-refractivity contribution is -0.129. The van der Waals surface area contributed by atoms with E-state index in [2.05, 4.69) is 36.4 Å². The molecule has 1 aliphatic heterocycles. The second-order valence-electron chi connectivity index (χ2n) is 8.08. The van der Waals surface area contributed by atoms with Gasteiger partial charge in [-0.15, -0.1) is 24.0 Å². The lowest BCUT2D eigenvalue weighted by Gasteiger charge is -2.19. The molecule has 7 nitrogen and oxygen atoms in total. The molecule has 2 atom stereocenters. The Morgan fingerprint density at radius 2 is 2.13 bits per heavy atom. The second kappa shape index (κ2) is 13.7. The zero-order chi connectivity index (χ0) is 21.2. The normalized spacial score (nSPS) is 17.5. The molecule has 0 saturated carbocycles. The van der Waals surface area contributed by atoms with Crippen LogP contribution in [0.5, 0.6) is 5.88 Å². The number of nitrogens with one attached hydrogen (secondary N) is 2. The minimum atomic E-state index is 0. The van der Waals surface area contributed by atoms with Gasteiger partial charge in [-0.2, -0.15) is 0 Å². The summed E-state index contributed by atoms with van der Waals surface area (Å²) in [4.78, 5) is 22.8. The van der Waals surface area contributed by atoms with E-state index in [0.29, 0.717) is 24.8 Å². The van der Waals surface area contributed by atoms with Crippen molar-refractivity contribution < 1.29 is 9.53 Å². The number of hydrogen-bond acceptors (Lipinski definition) is 4. The molecule has 1 aliphatic rings. The smallest absolute Gasteiger partial charge is 0.222 e. The van der Waals surface area contributed by atoms with Crippen LogP contribution < -0.4 is 15.4 Å². The number of ether oxygens (including phenoxy) is 1. The SMILES string of the molecule is CCNC(=NCc1ccnc(OC(C)CC(C)C)c1)NC1CCN(C(=O)CC)C1.I. The number of carbonyl (C=O) groups excluding carboxylic acids is 1. The van der Waals surface area contributed by atoms with Crippen molar-refractivity contribution in [3.05, 3.63) is 23.9 Å². The van der Waals surface area contributed by atoms with Crippen LogP contribution >= 0.6 is 24.0 Å². The second-order valence-corrected chi connectivity index (χ2v) is 8.08. The molecule has 2 heterocycles. The van der Waals surface area contributed by atoms with Gasteiger partial charge in [0.15, 0.2) is 5.96 Å². The van der Waals surface area contributed by atoms with Crippen molar-refractivity contribution in [3.8, 4) is 5.88 Å². The van der Waals surface area contributed by atoms with Crippen LogP contribution in [0.2, 0.25) is 0 Å². The van der Waals surface area contributed by atoms with Gasteiger partial charge in [0.1, 0.15) is 0 Å². The molecule has 0 radical (unpaired) electrons. The fraction of sp³-hybridized carbons (Fsp3) is 0.682. The molecule has 0 aliphatic carbocycles. The van der Waals surface area contributed by atoms with E-state index in [1.54, 1.807) is 6.20 Å². The van der Waals surface area contributed by atoms with Gasteiger partial charge in [0.05, 0.1) is 12.6 Å². The molecule has 0 spiro atoms. The van der Waals surface area contributed by atoms with Crippen LogP contribution in [0.3, 0.4) is 0 Å². The van der Waals surface area contributed by atoms with Crippen molar-refractivity contribution in [2.75, 3.05) is 19.6 Å². The highest BCUT2D eigenvalue weighted by molar-refractivity contribution is 14.0. The van der Waals surface area contributed by atoms with E-state index < -0.39 is 0 Å². The van der Waals surface area contributed by atoms with E-state index in [1.807, 2.05) is 30.9 Å². The van der Waals surface area contributed by atoms with E-state index in [4.69, 9.17) is 9.73 Å². The van der Waals surface area contributed by atoms with Gasteiger partial charge in [-0.05, 0) is 44.2 Å². The van der Waals surface area contributed by atoms with E-state index >= 15 is 0 Å². The number of aromatic nitrogens is 1. The van der Waals surface area contributed by atoms with Crippen molar-refractivity contribution in [1.29, 1.82) is 0 Å².